The molecule has 0 aliphatic rings. The number of carbonyl (C=O) groups is 3. The summed E-state index contributed by atoms with van der Waals surface area (Å²) in [6, 6.07) is 19.2. The molecular weight excluding hydrogens is 576 g/mol. The summed E-state index contributed by atoms with van der Waals surface area (Å²) in [4.78, 5) is 41.9. The van der Waals surface area contributed by atoms with Gasteiger partial charge in [0.05, 0.1) is 17.0 Å². The Balaban J connectivity index is 1.52. The Bertz CT molecular complexity index is 1690. The van der Waals surface area contributed by atoms with Crippen molar-refractivity contribution in [2.24, 2.45) is 0 Å². The maximum Gasteiger partial charge on any atom is 0.326 e. The molecule has 42 heavy (non-hydrogen) atoms. The maximum atomic E-state index is 13.2. The molecule has 3 N–H and O–H groups in total. The van der Waals surface area contributed by atoms with Crippen molar-refractivity contribution in [1.29, 1.82) is 0 Å². The number of imidazole rings is 1. The van der Waals surface area contributed by atoms with Crippen molar-refractivity contribution in [3.63, 3.8) is 0 Å². The molecular formula is C30H30N4O6S2. The number of aromatic nitrogens is 2. The molecule has 0 bridgehead atoms. The SMILES string of the molecule is CSCC[C@H](NC(=O)c1ccc(NC(=O)Cc2cn(S(=O)(=O)c3ccc(C)cc3)cn2)cc1-c1ccccc1)C(=O)O. The number of carbonyl (C=O) groups excluding carboxylic acids is 2. The van der Waals surface area contributed by atoms with Crippen LogP contribution in [0.25, 0.3) is 11.1 Å². The van der Waals surface area contributed by atoms with E-state index in [1.807, 2.05) is 31.4 Å². The van der Waals surface area contributed by atoms with Gasteiger partial charge in [-0.25, -0.2) is 22.2 Å². The van der Waals surface area contributed by atoms with E-state index in [9.17, 15) is 27.9 Å². The molecule has 0 unspecified atom stereocenters. The first-order valence-corrected chi connectivity index (χ1v) is 15.8. The van der Waals surface area contributed by atoms with Crippen LogP contribution in [-0.4, -0.2) is 58.3 Å². The Morgan fingerprint density at radius 1 is 1.02 bits per heavy atom. The normalized spacial score (nSPS) is 12.0. The molecule has 4 aromatic rings. The lowest BCUT2D eigenvalue weighted by atomic mass is 9.98. The third kappa shape index (κ3) is 7.45. The zero-order valence-electron chi connectivity index (χ0n) is 23.0. The van der Waals surface area contributed by atoms with Crippen LogP contribution in [0.4, 0.5) is 5.69 Å². The zero-order chi connectivity index (χ0) is 30.3. The van der Waals surface area contributed by atoms with Crippen molar-refractivity contribution < 1.29 is 27.9 Å². The summed E-state index contributed by atoms with van der Waals surface area (Å²) in [5, 5.41) is 14.9. The number of nitrogens with one attached hydrogen (secondary N) is 2. The molecule has 1 heterocycles. The number of benzene rings is 3. The van der Waals surface area contributed by atoms with Crippen molar-refractivity contribution >= 4 is 45.3 Å². The lowest BCUT2D eigenvalue weighted by Crippen LogP contribution is -2.41. The molecule has 0 aliphatic heterocycles. The summed E-state index contributed by atoms with van der Waals surface area (Å²) in [7, 11) is -3.85. The second-order valence-corrected chi connectivity index (χ2v) is 12.3. The minimum atomic E-state index is -3.85. The third-order valence-corrected chi connectivity index (χ3v) is 8.67. The highest BCUT2D eigenvalue weighted by molar-refractivity contribution is 7.98. The number of hydrogen-bond donors (Lipinski definition) is 3. The van der Waals surface area contributed by atoms with Crippen LogP contribution < -0.4 is 10.6 Å². The summed E-state index contributed by atoms with van der Waals surface area (Å²) in [5.41, 5.74) is 3.06. The molecule has 0 radical (unpaired) electrons. The summed E-state index contributed by atoms with van der Waals surface area (Å²) in [6.45, 7) is 1.86. The lowest BCUT2D eigenvalue weighted by molar-refractivity contribution is -0.139. The van der Waals surface area contributed by atoms with E-state index in [0.29, 0.717) is 22.6 Å². The standard InChI is InChI=1S/C30H30N4O6S2/c1-20-8-11-24(12-9-20)42(39,40)34-18-23(31-19-34)17-28(35)32-22-10-13-25(26(16-22)21-6-4-3-5-7-21)29(36)33-27(30(37)38)14-15-41-2/h3-13,16,18-19,27H,14-15,17H2,1-2H3,(H,32,35)(H,33,36)(H,37,38)/t27-/m0/s1. The Kier molecular flexibility index (Phi) is 9.81. The van der Waals surface area contributed by atoms with Crippen LogP contribution >= 0.6 is 11.8 Å². The van der Waals surface area contributed by atoms with Gasteiger partial charge in [0.15, 0.2) is 0 Å². The van der Waals surface area contributed by atoms with Crippen molar-refractivity contribution in [2.45, 2.75) is 30.7 Å². The summed E-state index contributed by atoms with van der Waals surface area (Å²) >= 11 is 1.49. The smallest absolute Gasteiger partial charge is 0.326 e. The summed E-state index contributed by atoms with van der Waals surface area (Å²) < 4.78 is 26.8. The van der Waals surface area contributed by atoms with Gasteiger partial charge in [-0.1, -0.05) is 48.0 Å². The van der Waals surface area contributed by atoms with Gasteiger partial charge in [-0.05, 0) is 66.8 Å². The van der Waals surface area contributed by atoms with Crippen LogP contribution in [0.15, 0.2) is 90.2 Å². The molecule has 4 rings (SSSR count). The van der Waals surface area contributed by atoms with Crippen LogP contribution in [0.1, 0.15) is 28.0 Å². The average molecular weight is 607 g/mol. The Morgan fingerprint density at radius 2 is 1.74 bits per heavy atom. The number of rotatable bonds is 12. The molecule has 12 heteroatoms. The molecule has 10 nitrogen and oxygen atoms in total. The molecule has 0 spiro atoms. The third-order valence-electron chi connectivity index (χ3n) is 6.40. The van der Waals surface area contributed by atoms with Crippen LogP contribution in [0.5, 0.6) is 0 Å². The van der Waals surface area contributed by atoms with E-state index < -0.39 is 33.8 Å². The molecule has 0 aliphatic carbocycles. The lowest BCUT2D eigenvalue weighted by Gasteiger charge is -2.17. The number of thioether (sulfide) groups is 1. The number of hydrogen-bond acceptors (Lipinski definition) is 7. The van der Waals surface area contributed by atoms with Crippen molar-refractivity contribution in [1.82, 2.24) is 14.3 Å². The number of aliphatic carboxylic acids is 1. The predicted molar refractivity (Wildman–Crippen MR) is 162 cm³/mol. The summed E-state index contributed by atoms with van der Waals surface area (Å²) in [5.74, 6) is -1.52. The molecule has 1 atom stereocenters. The molecule has 1 aromatic heterocycles. The first kappa shape index (κ1) is 30.5. The molecule has 2 amide bonds. The number of nitrogens with zero attached hydrogens (tertiary/aromatic N) is 2. The first-order chi connectivity index (χ1) is 20.1. The van der Waals surface area contributed by atoms with Gasteiger partial charge < -0.3 is 15.7 Å². The van der Waals surface area contributed by atoms with E-state index in [2.05, 4.69) is 15.6 Å². The number of aryl methyl sites for hydroxylation is 1. The number of carboxylic acid groups (broad SMARTS) is 1. The Morgan fingerprint density at radius 3 is 2.40 bits per heavy atom. The minimum absolute atomic E-state index is 0.109. The van der Waals surface area contributed by atoms with Crippen molar-refractivity contribution in [3.05, 3.63) is 102 Å². The first-order valence-electron chi connectivity index (χ1n) is 13.0. The predicted octanol–water partition coefficient (Wildman–Crippen LogP) is 4.21. The largest absolute Gasteiger partial charge is 0.480 e. The fourth-order valence-corrected chi connectivity index (χ4v) is 5.80. The molecule has 0 saturated heterocycles. The van der Waals surface area contributed by atoms with Gasteiger partial charge in [0, 0.05) is 17.4 Å². The van der Waals surface area contributed by atoms with E-state index in [4.69, 9.17) is 0 Å². The van der Waals surface area contributed by atoms with Gasteiger partial charge in [-0.3, -0.25) is 9.59 Å². The van der Waals surface area contributed by atoms with Crippen molar-refractivity contribution in [3.8, 4) is 11.1 Å². The molecule has 3 aromatic carbocycles. The highest BCUT2D eigenvalue weighted by Gasteiger charge is 2.23. The van der Waals surface area contributed by atoms with Gasteiger partial charge in [-0.2, -0.15) is 11.8 Å². The number of carboxylic acids is 1. The van der Waals surface area contributed by atoms with E-state index in [1.165, 1.54) is 36.2 Å². The molecule has 0 saturated carbocycles. The Labute approximate surface area is 248 Å². The fourth-order valence-electron chi connectivity index (χ4n) is 4.17. The van der Waals surface area contributed by atoms with Crippen LogP contribution in [0.3, 0.4) is 0 Å². The monoisotopic (exact) mass is 606 g/mol. The maximum absolute atomic E-state index is 13.2. The molecule has 218 valence electrons. The van der Waals surface area contributed by atoms with Gasteiger partial charge >= 0.3 is 5.97 Å². The van der Waals surface area contributed by atoms with E-state index in [1.54, 1.807) is 36.4 Å². The second-order valence-electron chi connectivity index (χ2n) is 9.51. The quantitative estimate of drug-likeness (QED) is 0.217. The number of anilines is 1. The number of amides is 2. The Hall–Kier alpha value is -4.42. The topological polar surface area (TPSA) is 147 Å². The van der Waals surface area contributed by atoms with Crippen molar-refractivity contribution in [2.75, 3.05) is 17.3 Å². The van der Waals surface area contributed by atoms with Gasteiger partial charge in [0.2, 0.25) is 5.91 Å². The highest BCUT2D eigenvalue weighted by atomic mass is 32.2. The second kappa shape index (κ2) is 13.5. The van der Waals surface area contributed by atoms with Gasteiger partial charge in [0.1, 0.15) is 12.4 Å². The van der Waals surface area contributed by atoms with E-state index >= 15 is 0 Å². The van der Waals surface area contributed by atoms with Crippen LogP contribution in [-0.2, 0) is 26.0 Å². The van der Waals surface area contributed by atoms with Gasteiger partial charge in [-0.15, -0.1) is 0 Å². The summed E-state index contributed by atoms with van der Waals surface area (Å²) in [6.07, 6.45) is 4.41. The van der Waals surface area contributed by atoms with Crippen LogP contribution in [0.2, 0.25) is 0 Å². The fraction of sp³-hybridized carbons (Fsp3) is 0.200. The van der Waals surface area contributed by atoms with E-state index in [-0.39, 0.29) is 29.0 Å². The average Bonchev–Trinajstić information content (AvgIpc) is 3.45. The zero-order valence-corrected chi connectivity index (χ0v) is 24.6. The van der Waals surface area contributed by atoms with Crippen LogP contribution in [0, 0.1) is 6.92 Å². The van der Waals surface area contributed by atoms with E-state index in [0.717, 1.165) is 15.9 Å². The highest BCUT2D eigenvalue weighted by Crippen LogP contribution is 2.28. The van der Waals surface area contributed by atoms with Gasteiger partial charge in [0.25, 0.3) is 15.9 Å². The molecule has 0 fully saturated rings. The minimum Gasteiger partial charge on any atom is -0.480 e.